The Kier molecular flexibility index (Phi) is 8.77. The van der Waals surface area contributed by atoms with E-state index in [4.69, 9.17) is 23.2 Å². The zero-order valence-corrected chi connectivity index (χ0v) is 24.7. The summed E-state index contributed by atoms with van der Waals surface area (Å²) in [4.78, 5) is 0. The van der Waals surface area contributed by atoms with Gasteiger partial charge in [-0.3, -0.25) is 0 Å². The van der Waals surface area contributed by atoms with Crippen molar-refractivity contribution in [1.29, 1.82) is 0 Å². The fourth-order valence-electron chi connectivity index (χ4n) is 6.17. The molecule has 0 aromatic heterocycles. The van der Waals surface area contributed by atoms with Crippen molar-refractivity contribution in [2.24, 2.45) is 5.92 Å². The Morgan fingerprint density at radius 1 is 0.917 bits per heavy atom. The summed E-state index contributed by atoms with van der Waals surface area (Å²) in [5, 5.41) is 1.36. The van der Waals surface area contributed by atoms with Crippen LogP contribution in [-0.2, 0) is 31.6 Å². The van der Waals surface area contributed by atoms with Crippen molar-refractivity contribution in [3.63, 3.8) is 0 Å². The molecule has 0 radical (unpaired) electrons. The Labute approximate surface area is 244 Å². The Balaban J connectivity index is 0.000000455. The summed E-state index contributed by atoms with van der Waals surface area (Å²) < 4.78 is 0. The van der Waals surface area contributed by atoms with Gasteiger partial charge in [0.1, 0.15) is 0 Å². The van der Waals surface area contributed by atoms with Gasteiger partial charge in [0.05, 0.1) is 0 Å². The van der Waals surface area contributed by atoms with Crippen LogP contribution >= 0.6 is 23.2 Å². The molecule has 0 heterocycles. The van der Waals surface area contributed by atoms with Gasteiger partial charge in [-0.25, -0.2) is 0 Å². The minimum atomic E-state index is -0.306. The molecular formula is C33H30Cl2Zr-6. The quantitative estimate of drug-likeness (QED) is 0.204. The Morgan fingerprint density at radius 3 is 1.92 bits per heavy atom. The molecule has 3 heteroatoms. The van der Waals surface area contributed by atoms with E-state index in [1.807, 2.05) is 36.4 Å². The van der Waals surface area contributed by atoms with Crippen molar-refractivity contribution in [2.45, 2.75) is 38.5 Å². The Bertz CT molecular complexity index is 1310. The number of fused-ring (bicyclic) bond motifs is 3. The second-order valence-corrected chi connectivity index (χ2v) is 10.3. The Hall–Kier alpha value is -1.92. The minimum Gasteiger partial charge on any atom is -0.748 e. The number of aryl methyl sites for hydroxylation is 1. The van der Waals surface area contributed by atoms with Gasteiger partial charge >= 0.3 is 0 Å². The van der Waals surface area contributed by atoms with Crippen LogP contribution in [0.1, 0.15) is 48.4 Å². The second kappa shape index (κ2) is 11.6. The molecule has 0 aliphatic heterocycles. The molecule has 6 rings (SSSR count). The van der Waals surface area contributed by atoms with Crippen molar-refractivity contribution >= 4 is 23.2 Å². The SMILES string of the molecule is CCC(CC1=CC=CC1)C1([c-]2c(C)cc(Cl)c2Cl)c2ccccc2-c2ccccc21.[Zr].[cH-]1[cH-][cH-][cH-][cH-]1. The van der Waals surface area contributed by atoms with E-state index in [1.54, 1.807) is 0 Å². The predicted molar refractivity (Wildman–Crippen MR) is 151 cm³/mol. The predicted octanol–water partition coefficient (Wildman–Crippen LogP) is 10.0. The van der Waals surface area contributed by atoms with Gasteiger partial charge < -0.3 is 30.3 Å². The van der Waals surface area contributed by atoms with Gasteiger partial charge in [-0.15, -0.1) is 17.2 Å². The van der Waals surface area contributed by atoms with Gasteiger partial charge in [-0.05, 0) is 41.0 Å². The first-order valence-electron chi connectivity index (χ1n) is 12.4. The third kappa shape index (κ3) is 4.60. The zero-order chi connectivity index (χ0) is 24.4. The molecule has 2 aliphatic rings. The third-order valence-electron chi connectivity index (χ3n) is 7.57. The van der Waals surface area contributed by atoms with E-state index in [-0.39, 0.29) is 31.6 Å². The molecule has 0 spiro atoms. The van der Waals surface area contributed by atoms with Crippen LogP contribution in [0.4, 0.5) is 0 Å². The van der Waals surface area contributed by atoms with E-state index in [1.165, 1.54) is 39.0 Å². The molecule has 0 N–H and O–H groups in total. The van der Waals surface area contributed by atoms with Crippen LogP contribution in [0.25, 0.3) is 11.1 Å². The molecule has 4 aromatic rings. The average molecular weight is 589 g/mol. The molecule has 0 fully saturated rings. The summed E-state index contributed by atoms with van der Waals surface area (Å²) in [6.45, 7) is 4.47. The van der Waals surface area contributed by atoms with Crippen LogP contribution in [-0.4, -0.2) is 0 Å². The summed E-state index contributed by atoms with van der Waals surface area (Å²) in [5.74, 6) is 0.378. The summed E-state index contributed by atoms with van der Waals surface area (Å²) >= 11 is 13.6. The fraction of sp³-hybridized carbons (Fsp3) is 0.212. The summed E-state index contributed by atoms with van der Waals surface area (Å²) in [7, 11) is 0. The van der Waals surface area contributed by atoms with Gasteiger partial charge in [-0.2, -0.15) is 23.2 Å². The number of benzene rings is 2. The monoisotopic (exact) mass is 586 g/mol. The number of rotatable bonds is 5. The normalized spacial score (nSPS) is 15.3. The molecule has 0 saturated carbocycles. The molecule has 0 bridgehead atoms. The van der Waals surface area contributed by atoms with E-state index in [0.717, 1.165) is 19.3 Å². The van der Waals surface area contributed by atoms with E-state index in [0.29, 0.717) is 16.0 Å². The first-order chi connectivity index (χ1) is 17.1. The van der Waals surface area contributed by atoms with Crippen LogP contribution in [0, 0.1) is 12.8 Å². The molecule has 0 nitrogen and oxygen atoms in total. The van der Waals surface area contributed by atoms with Gasteiger partial charge in [0, 0.05) is 31.6 Å². The maximum absolute atomic E-state index is 6.98. The second-order valence-electron chi connectivity index (χ2n) is 9.49. The fourth-order valence-corrected chi connectivity index (χ4v) is 6.78. The summed E-state index contributed by atoms with van der Waals surface area (Å²) in [6.07, 6.45) is 9.87. The van der Waals surface area contributed by atoms with Crippen LogP contribution in [0.2, 0.25) is 10.0 Å². The van der Waals surface area contributed by atoms with Gasteiger partial charge in [-0.1, -0.05) is 103 Å². The van der Waals surface area contributed by atoms with Crippen molar-refractivity contribution in [3.05, 3.63) is 141 Å². The van der Waals surface area contributed by atoms with Crippen molar-refractivity contribution < 1.29 is 26.2 Å². The summed E-state index contributed by atoms with van der Waals surface area (Å²) in [5.41, 5.74) is 8.90. The molecule has 36 heavy (non-hydrogen) atoms. The first-order valence-corrected chi connectivity index (χ1v) is 13.2. The van der Waals surface area contributed by atoms with Gasteiger partial charge in [0.2, 0.25) is 0 Å². The van der Waals surface area contributed by atoms with Crippen molar-refractivity contribution in [3.8, 4) is 11.1 Å². The van der Waals surface area contributed by atoms with Crippen LogP contribution < -0.4 is 0 Å². The molecule has 1 atom stereocenters. The minimum absolute atomic E-state index is 0. The number of hydrogen-bond acceptors (Lipinski definition) is 0. The van der Waals surface area contributed by atoms with E-state index in [9.17, 15) is 0 Å². The largest absolute Gasteiger partial charge is 0.748 e. The third-order valence-corrected chi connectivity index (χ3v) is 8.36. The van der Waals surface area contributed by atoms with Crippen molar-refractivity contribution in [1.82, 2.24) is 0 Å². The number of halogens is 2. The zero-order valence-electron chi connectivity index (χ0n) is 20.8. The first kappa shape index (κ1) is 27.1. The standard InChI is InChI=1S/C28H25Cl2.C5H5.Zr/c1-3-20(17-19-10-4-5-11-19)28(26-18(2)16-25(29)27(26)30)23-14-8-6-12-21(23)22-13-7-9-15-24(22)28;1-2-4-5-3-1;/h4-10,12-16,20H,3,11,17H2,1-2H3;1-5H;/q-1;-5;. The van der Waals surface area contributed by atoms with Gasteiger partial charge in [0.15, 0.2) is 0 Å². The van der Waals surface area contributed by atoms with Crippen LogP contribution in [0.5, 0.6) is 0 Å². The molecular weight excluding hydrogens is 558 g/mol. The smallest absolute Gasteiger partial charge is 0.00655 e. The number of hydrogen-bond donors (Lipinski definition) is 0. The molecule has 186 valence electrons. The maximum Gasteiger partial charge on any atom is 0.00655 e. The molecule has 0 saturated heterocycles. The molecule has 0 amide bonds. The van der Waals surface area contributed by atoms with E-state index >= 15 is 0 Å². The molecule has 4 aromatic carbocycles. The Morgan fingerprint density at radius 2 is 1.47 bits per heavy atom. The average Bonchev–Trinajstić information content (AvgIpc) is 3.68. The maximum atomic E-state index is 6.98. The van der Waals surface area contributed by atoms with Crippen molar-refractivity contribution in [2.75, 3.05) is 0 Å². The molecule has 1 unspecified atom stereocenters. The van der Waals surface area contributed by atoms with E-state index in [2.05, 4.69) is 80.6 Å². The van der Waals surface area contributed by atoms with Gasteiger partial charge in [0.25, 0.3) is 0 Å². The van der Waals surface area contributed by atoms with Crippen LogP contribution in [0.15, 0.2) is 109 Å². The van der Waals surface area contributed by atoms with E-state index < -0.39 is 0 Å². The topological polar surface area (TPSA) is 0 Å². The molecule has 2 aliphatic carbocycles. The summed E-state index contributed by atoms with van der Waals surface area (Å²) in [6, 6.07) is 29.8. The van der Waals surface area contributed by atoms with Crippen LogP contribution in [0.3, 0.4) is 0 Å². The number of allylic oxidation sites excluding steroid dienone is 4.